The summed E-state index contributed by atoms with van der Waals surface area (Å²) in [5.41, 5.74) is 9.56. The second-order valence-corrected chi connectivity index (χ2v) is 12.5. The molecule has 4 aromatic rings. The summed E-state index contributed by atoms with van der Waals surface area (Å²) in [6.07, 6.45) is 9.43. The Morgan fingerprint density at radius 2 is 1.88 bits per heavy atom. The lowest BCUT2D eigenvalue weighted by Gasteiger charge is -2.48. The van der Waals surface area contributed by atoms with Crippen molar-refractivity contribution in [3.05, 3.63) is 58.3 Å². The number of benzene rings is 1. The largest absolute Gasteiger partial charge is 0.486 e. The monoisotopic (exact) mass is 593 g/mol. The molecular weight excluding hydrogens is 561 g/mol. The maximum absolute atomic E-state index is 6.59. The van der Waals surface area contributed by atoms with Crippen LogP contribution in [-0.4, -0.2) is 50.2 Å². The summed E-state index contributed by atoms with van der Waals surface area (Å²) in [6, 6.07) is 9.94. The fourth-order valence-electron chi connectivity index (χ4n) is 6.11. The zero-order chi connectivity index (χ0) is 28.1. The third-order valence-electron chi connectivity index (χ3n) is 8.34. The van der Waals surface area contributed by atoms with Crippen LogP contribution >= 0.6 is 23.2 Å². The third-order valence-corrected chi connectivity index (χ3v) is 8.94. The van der Waals surface area contributed by atoms with E-state index >= 15 is 0 Å². The van der Waals surface area contributed by atoms with E-state index < -0.39 is 0 Å². The molecule has 2 atom stereocenters. The number of nitrogens with two attached hydrogens (primary N) is 1. The zero-order valence-electron chi connectivity index (χ0n) is 23.0. The molecule has 3 aliphatic rings. The first-order valence-electron chi connectivity index (χ1n) is 14.3. The van der Waals surface area contributed by atoms with Gasteiger partial charge in [-0.3, -0.25) is 4.98 Å². The SMILES string of the molecule is C[C@@H](Oc1ccc2c(c1)c(-c1ccc(N3CC(N)(CC4CC4)C3)nn1)nn2C1CCCCO1)c1c(Cl)cncc1Cl. The molecule has 1 unspecified atom stereocenters. The second kappa shape index (κ2) is 10.7. The Hall–Kier alpha value is -2.98. The van der Waals surface area contributed by atoms with E-state index in [1.807, 2.05) is 41.9 Å². The zero-order valence-corrected chi connectivity index (χ0v) is 24.5. The Bertz CT molecular complexity index is 1540. The summed E-state index contributed by atoms with van der Waals surface area (Å²) in [6.45, 7) is 4.27. The van der Waals surface area contributed by atoms with Gasteiger partial charge < -0.3 is 20.1 Å². The van der Waals surface area contributed by atoms with Crippen LogP contribution in [0.25, 0.3) is 22.3 Å². The van der Waals surface area contributed by atoms with E-state index in [4.69, 9.17) is 43.5 Å². The molecule has 9 nitrogen and oxygen atoms in total. The van der Waals surface area contributed by atoms with Crippen LogP contribution in [0.1, 0.15) is 63.3 Å². The highest BCUT2D eigenvalue weighted by Crippen LogP contribution is 2.40. The van der Waals surface area contributed by atoms with Crippen LogP contribution in [-0.2, 0) is 4.74 Å². The van der Waals surface area contributed by atoms with Crippen molar-refractivity contribution in [3.63, 3.8) is 0 Å². The van der Waals surface area contributed by atoms with Crippen molar-refractivity contribution in [2.75, 3.05) is 24.6 Å². The van der Waals surface area contributed by atoms with E-state index in [0.717, 1.165) is 73.7 Å². The average molecular weight is 595 g/mol. The number of halogens is 2. The summed E-state index contributed by atoms with van der Waals surface area (Å²) >= 11 is 12.8. The molecule has 3 fully saturated rings. The van der Waals surface area contributed by atoms with Crippen molar-refractivity contribution in [1.29, 1.82) is 0 Å². The summed E-state index contributed by atoms with van der Waals surface area (Å²) < 4.78 is 14.4. The molecule has 0 radical (unpaired) electrons. The fourth-order valence-corrected chi connectivity index (χ4v) is 6.79. The summed E-state index contributed by atoms with van der Waals surface area (Å²) in [4.78, 5) is 6.25. The molecule has 7 rings (SSSR count). The Labute approximate surface area is 248 Å². The van der Waals surface area contributed by atoms with Gasteiger partial charge in [0.05, 0.1) is 21.1 Å². The highest BCUT2D eigenvalue weighted by molar-refractivity contribution is 6.35. The van der Waals surface area contributed by atoms with Crippen molar-refractivity contribution >= 4 is 39.9 Å². The van der Waals surface area contributed by atoms with Crippen LogP contribution in [0.2, 0.25) is 10.0 Å². The molecule has 1 saturated carbocycles. The molecule has 1 aliphatic carbocycles. The molecule has 214 valence electrons. The molecule has 0 amide bonds. The molecule has 5 heterocycles. The first kappa shape index (κ1) is 26.9. The topological polar surface area (TPSA) is 104 Å². The molecule has 2 aliphatic heterocycles. The van der Waals surface area contributed by atoms with Gasteiger partial charge in [0.15, 0.2) is 12.0 Å². The van der Waals surface area contributed by atoms with Crippen LogP contribution < -0.4 is 15.4 Å². The highest BCUT2D eigenvalue weighted by atomic mass is 35.5. The lowest BCUT2D eigenvalue weighted by atomic mass is 9.85. The van der Waals surface area contributed by atoms with Crippen LogP contribution in [0.3, 0.4) is 0 Å². The van der Waals surface area contributed by atoms with Gasteiger partial charge in [0.2, 0.25) is 0 Å². The van der Waals surface area contributed by atoms with Crippen LogP contribution in [0, 0.1) is 5.92 Å². The maximum Gasteiger partial charge on any atom is 0.151 e. The standard InChI is InChI=1S/C30H33Cl2N7O2/c1-18(28-22(31)14-34-15-23(28)32)41-20-7-9-25-21(12-20)29(37-39(25)27-4-2-3-11-40-27)24-8-10-26(36-35-24)38-16-30(33,17-38)13-19-5-6-19/h7-10,12,14-15,18-19,27H,2-6,11,13,16-17,33H2,1H3/t18-,27?/m1/s1. The van der Waals surface area contributed by atoms with Gasteiger partial charge in [-0.1, -0.05) is 36.0 Å². The van der Waals surface area contributed by atoms with Gasteiger partial charge in [0, 0.05) is 43.0 Å². The van der Waals surface area contributed by atoms with Crippen molar-refractivity contribution in [2.45, 2.75) is 63.3 Å². The number of rotatable bonds is 8. The number of pyridine rings is 1. The minimum atomic E-state index is -0.388. The van der Waals surface area contributed by atoms with E-state index in [-0.39, 0.29) is 17.9 Å². The molecule has 0 spiro atoms. The number of hydrogen-bond acceptors (Lipinski definition) is 8. The van der Waals surface area contributed by atoms with Crippen molar-refractivity contribution in [2.24, 2.45) is 11.7 Å². The van der Waals surface area contributed by atoms with Crippen molar-refractivity contribution < 1.29 is 9.47 Å². The highest BCUT2D eigenvalue weighted by Gasteiger charge is 2.43. The lowest BCUT2D eigenvalue weighted by Crippen LogP contribution is -2.68. The maximum atomic E-state index is 6.59. The molecule has 1 aromatic carbocycles. The molecular formula is C30H33Cl2N7O2. The predicted molar refractivity (Wildman–Crippen MR) is 159 cm³/mol. The summed E-state index contributed by atoms with van der Waals surface area (Å²) in [5, 5.41) is 16.0. The third kappa shape index (κ3) is 5.36. The fraction of sp³-hybridized carbons (Fsp3) is 0.467. The minimum Gasteiger partial charge on any atom is -0.486 e. The van der Waals surface area contributed by atoms with Gasteiger partial charge in [-0.25, -0.2) is 4.68 Å². The average Bonchev–Trinajstić information content (AvgIpc) is 3.69. The molecule has 2 N–H and O–H groups in total. The van der Waals surface area contributed by atoms with Gasteiger partial charge in [-0.2, -0.15) is 5.10 Å². The van der Waals surface area contributed by atoms with E-state index in [2.05, 4.69) is 20.1 Å². The smallest absolute Gasteiger partial charge is 0.151 e. The minimum absolute atomic E-state index is 0.102. The first-order chi connectivity index (χ1) is 19.9. The molecule has 2 saturated heterocycles. The number of aromatic nitrogens is 5. The normalized spacial score (nSPS) is 21.1. The molecule has 41 heavy (non-hydrogen) atoms. The van der Waals surface area contributed by atoms with E-state index in [0.29, 0.717) is 27.1 Å². The first-order valence-corrected chi connectivity index (χ1v) is 15.1. The van der Waals surface area contributed by atoms with Gasteiger partial charge in [0.1, 0.15) is 23.2 Å². The van der Waals surface area contributed by atoms with Gasteiger partial charge >= 0.3 is 0 Å². The van der Waals surface area contributed by atoms with Gasteiger partial charge in [-0.15, -0.1) is 10.2 Å². The molecule has 0 bridgehead atoms. The van der Waals surface area contributed by atoms with E-state index in [1.165, 1.54) is 12.8 Å². The Morgan fingerprint density at radius 3 is 2.56 bits per heavy atom. The number of anilines is 1. The summed E-state index contributed by atoms with van der Waals surface area (Å²) in [5.74, 6) is 2.32. The number of hydrogen-bond donors (Lipinski definition) is 1. The molecule has 11 heteroatoms. The van der Waals surface area contributed by atoms with E-state index in [1.54, 1.807) is 12.4 Å². The van der Waals surface area contributed by atoms with Crippen molar-refractivity contribution in [3.8, 4) is 17.1 Å². The molecule has 3 aromatic heterocycles. The van der Waals surface area contributed by atoms with Gasteiger partial charge in [0.25, 0.3) is 0 Å². The predicted octanol–water partition coefficient (Wildman–Crippen LogP) is 6.35. The Morgan fingerprint density at radius 1 is 1.07 bits per heavy atom. The summed E-state index contributed by atoms with van der Waals surface area (Å²) in [7, 11) is 0. The van der Waals surface area contributed by atoms with Crippen LogP contribution in [0.15, 0.2) is 42.7 Å². The lowest BCUT2D eigenvalue weighted by molar-refractivity contribution is -0.0365. The number of nitrogens with zero attached hydrogens (tertiary/aromatic N) is 6. The second-order valence-electron chi connectivity index (χ2n) is 11.7. The van der Waals surface area contributed by atoms with Gasteiger partial charge in [-0.05, 0) is 68.9 Å². The Balaban J connectivity index is 1.19. The Kier molecular flexibility index (Phi) is 7.01. The van der Waals surface area contributed by atoms with Crippen molar-refractivity contribution in [1.82, 2.24) is 25.0 Å². The van der Waals surface area contributed by atoms with Crippen LogP contribution in [0.5, 0.6) is 5.75 Å². The number of ether oxygens (including phenoxy) is 2. The quantitative estimate of drug-likeness (QED) is 0.252. The van der Waals surface area contributed by atoms with E-state index in [9.17, 15) is 0 Å². The van der Waals surface area contributed by atoms with Crippen LogP contribution in [0.4, 0.5) is 5.82 Å². The number of fused-ring (bicyclic) bond motifs is 1.